The van der Waals surface area contributed by atoms with E-state index in [-0.39, 0.29) is 0 Å². The van der Waals surface area contributed by atoms with Crippen molar-refractivity contribution < 1.29 is 18.1 Å². The number of benzene rings is 1. The van der Waals surface area contributed by atoms with Gasteiger partial charge in [0.1, 0.15) is 5.75 Å². The second kappa shape index (κ2) is 4.08. The van der Waals surface area contributed by atoms with Gasteiger partial charge in [0.15, 0.2) is 0 Å². The minimum absolute atomic E-state index is 0.480. The van der Waals surface area contributed by atoms with E-state index in [4.69, 9.17) is 4.55 Å². The summed E-state index contributed by atoms with van der Waals surface area (Å²) in [4.78, 5) is 0. The van der Waals surface area contributed by atoms with Crippen molar-refractivity contribution in [3.8, 4) is 0 Å². The zero-order valence-electron chi connectivity index (χ0n) is 7.71. The molecule has 0 amide bonds. The molecule has 0 fully saturated rings. The number of hydrogen-bond donors (Lipinski definition) is 2. The molecule has 1 aromatic carbocycles. The maximum absolute atomic E-state index is 10.5. The fourth-order valence-electron chi connectivity index (χ4n) is 1.08. The third-order valence-corrected chi connectivity index (χ3v) is 2.57. The lowest BCUT2D eigenvalue weighted by molar-refractivity contribution is 0.199. The monoisotopic (exact) mass is 216 g/mol. The van der Waals surface area contributed by atoms with Crippen molar-refractivity contribution in [3.63, 3.8) is 0 Å². The Morgan fingerprint density at radius 3 is 2.21 bits per heavy atom. The molecule has 0 aromatic heterocycles. The number of aliphatic hydroxyl groups is 1. The van der Waals surface area contributed by atoms with Crippen LogP contribution in [0.25, 0.3) is 0 Å². The standard InChI is InChI=1S/C9H12O4S/c1-7-2-4-8(5-3-7)9(10)6-14(11,12)13/h2-5,9-10H,6H2,1H3,(H,11,12,13). The van der Waals surface area contributed by atoms with Crippen LogP contribution in [-0.2, 0) is 10.1 Å². The molecule has 1 rings (SSSR count). The molecular weight excluding hydrogens is 204 g/mol. The smallest absolute Gasteiger partial charge is 0.267 e. The molecule has 0 saturated heterocycles. The summed E-state index contributed by atoms with van der Waals surface area (Å²) in [5.74, 6) is -0.671. The predicted molar refractivity (Wildman–Crippen MR) is 52.6 cm³/mol. The molecule has 1 unspecified atom stereocenters. The Labute approximate surface area is 82.9 Å². The lowest BCUT2D eigenvalue weighted by Crippen LogP contribution is -2.13. The van der Waals surface area contributed by atoms with Gasteiger partial charge in [-0.3, -0.25) is 4.55 Å². The topological polar surface area (TPSA) is 74.6 Å². The fraction of sp³-hybridized carbons (Fsp3) is 0.333. The predicted octanol–water partition coefficient (Wildman–Crippen LogP) is 0.916. The van der Waals surface area contributed by atoms with Gasteiger partial charge in [-0.2, -0.15) is 8.42 Å². The van der Waals surface area contributed by atoms with Crippen LogP contribution in [0.5, 0.6) is 0 Å². The van der Waals surface area contributed by atoms with Crippen LogP contribution in [0.2, 0.25) is 0 Å². The molecule has 0 bridgehead atoms. The Morgan fingerprint density at radius 1 is 1.29 bits per heavy atom. The molecule has 0 aliphatic rings. The second-order valence-corrected chi connectivity index (χ2v) is 4.67. The van der Waals surface area contributed by atoms with Gasteiger partial charge in [0, 0.05) is 0 Å². The van der Waals surface area contributed by atoms with Gasteiger partial charge in [0.25, 0.3) is 10.1 Å². The summed E-state index contributed by atoms with van der Waals surface area (Å²) in [6.45, 7) is 1.89. The lowest BCUT2D eigenvalue weighted by Gasteiger charge is -2.08. The third kappa shape index (κ3) is 3.45. The number of hydrogen-bond acceptors (Lipinski definition) is 3. The quantitative estimate of drug-likeness (QED) is 0.737. The largest absolute Gasteiger partial charge is 0.387 e. The van der Waals surface area contributed by atoms with Crippen LogP contribution >= 0.6 is 0 Å². The summed E-state index contributed by atoms with van der Waals surface area (Å²) in [7, 11) is -4.13. The number of aliphatic hydroxyl groups excluding tert-OH is 1. The van der Waals surface area contributed by atoms with E-state index in [1.54, 1.807) is 24.3 Å². The van der Waals surface area contributed by atoms with Gasteiger partial charge in [-0.15, -0.1) is 0 Å². The molecule has 0 heterocycles. The molecule has 1 atom stereocenters. The van der Waals surface area contributed by atoms with Gasteiger partial charge in [0.2, 0.25) is 0 Å². The molecular formula is C9H12O4S. The van der Waals surface area contributed by atoms with E-state index in [1.807, 2.05) is 6.92 Å². The van der Waals surface area contributed by atoms with Gasteiger partial charge < -0.3 is 5.11 Å². The zero-order chi connectivity index (χ0) is 10.8. The lowest BCUT2D eigenvalue weighted by atomic mass is 10.1. The van der Waals surface area contributed by atoms with Gasteiger partial charge in [-0.25, -0.2) is 0 Å². The zero-order valence-corrected chi connectivity index (χ0v) is 8.53. The summed E-state index contributed by atoms with van der Waals surface area (Å²) in [5.41, 5.74) is 1.50. The summed E-state index contributed by atoms with van der Waals surface area (Å²) in [5, 5.41) is 9.41. The molecule has 4 nitrogen and oxygen atoms in total. The van der Waals surface area contributed by atoms with Gasteiger partial charge >= 0.3 is 0 Å². The molecule has 14 heavy (non-hydrogen) atoms. The molecule has 0 aliphatic heterocycles. The average Bonchev–Trinajstić information content (AvgIpc) is 2.02. The molecule has 78 valence electrons. The number of rotatable bonds is 3. The molecule has 2 N–H and O–H groups in total. The van der Waals surface area contributed by atoms with E-state index >= 15 is 0 Å². The first-order valence-corrected chi connectivity index (χ1v) is 5.69. The Kier molecular flexibility index (Phi) is 3.25. The SMILES string of the molecule is Cc1ccc(C(O)CS(=O)(=O)O)cc1. The van der Waals surface area contributed by atoms with Crippen molar-refractivity contribution in [1.29, 1.82) is 0 Å². The molecule has 1 aromatic rings. The van der Waals surface area contributed by atoms with Crippen LogP contribution in [0.1, 0.15) is 17.2 Å². The Morgan fingerprint density at radius 2 is 1.79 bits per heavy atom. The van der Waals surface area contributed by atoms with E-state index in [0.717, 1.165) is 5.56 Å². The highest BCUT2D eigenvalue weighted by molar-refractivity contribution is 7.85. The minimum atomic E-state index is -4.13. The van der Waals surface area contributed by atoms with Crippen molar-refractivity contribution in [1.82, 2.24) is 0 Å². The maximum Gasteiger partial charge on any atom is 0.267 e. The molecule has 0 saturated carbocycles. The van der Waals surface area contributed by atoms with Crippen LogP contribution in [0.4, 0.5) is 0 Å². The van der Waals surface area contributed by atoms with Gasteiger partial charge in [-0.05, 0) is 12.5 Å². The van der Waals surface area contributed by atoms with Crippen molar-refractivity contribution in [2.45, 2.75) is 13.0 Å². The van der Waals surface area contributed by atoms with Crippen LogP contribution in [0.15, 0.2) is 24.3 Å². The maximum atomic E-state index is 10.5. The van der Waals surface area contributed by atoms with E-state index in [1.165, 1.54) is 0 Å². The van der Waals surface area contributed by atoms with E-state index < -0.39 is 22.0 Å². The molecule has 0 aliphatic carbocycles. The van der Waals surface area contributed by atoms with Crippen LogP contribution in [0.3, 0.4) is 0 Å². The molecule has 0 spiro atoms. The average molecular weight is 216 g/mol. The van der Waals surface area contributed by atoms with Crippen LogP contribution < -0.4 is 0 Å². The highest BCUT2D eigenvalue weighted by Crippen LogP contribution is 2.14. The van der Waals surface area contributed by atoms with E-state index in [0.29, 0.717) is 5.56 Å². The van der Waals surface area contributed by atoms with Gasteiger partial charge in [0.05, 0.1) is 6.10 Å². The van der Waals surface area contributed by atoms with Crippen molar-refractivity contribution in [3.05, 3.63) is 35.4 Å². The first-order chi connectivity index (χ1) is 6.38. The van der Waals surface area contributed by atoms with Crippen LogP contribution in [-0.4, -0.2) is 23.8 Å². The van der Waals surface area contributed by atoms with Crippen molar-refractivity contribution in [2.75, 3.05) is 5.75 Å². The third-order valence-electron chi connectivity index (χ3n) is 1.83. The first-order valence-electron chi connectivity index (χ1n) is 4.08. The Hall–Kier alpha value is -0.910. The highest BCUT2D eigenvalue weighted by Gasteiger charge is 2.15. The first kappa shape index (κ1) is 11.2. The Bertz CT molecular complexity index is 393. The normalized spacial score (nSPS) is 13.9. The van der Waals surface area contributed by atoms with Gasteiger partial charge in [-0.1, -0.05) is 29.8 Å². The minimum Gasteiger partial charge on any atom is -0.387 e. The van der Waals surface area contributed by atoms with E-state index in [9.17, 15) is 13.5 Å². The summed E-state index contributed by atoms with van der Waals surface area (Å²) >= 11 is 0. The highest BCUT2D eigenvalue weighted by atomic mass is 32.2. The van der Waals surface area contributed by atoms with Crippen molar-refractivity contribution >= 4 is 10.1 Å². The number of aryl methyl sites for hydroxylation is 1. The molecule has 0 radical (unpaired) electrons. The Balaban J connectivity index is 2.80. The second-order valence-electron chi connectivity index (χ2n) is 3.18. The van der Waals surface area contributed by atoms with Crippen molar-refractivity contribution in [2.24, 2.45) is 0 Å². The van der Waals surface area contributed by atoms with E-state index in [2.05, 4.69) is 0 Å². The summed E-state index contributed by atoms with van der Waals surface area (Å²) in [6.07, 6.45) is -1.18. The summed E-state index contributed by atoms with van der Waals surface area (Å²) in [6, 6.07) is 6.79. The molecule has 5 heteroatoms. The summed E-state index contributed by atoms with van der Waals surface area (Å²) < 4.78 is 29.5. The van der Waals surface area contributed by atoms with Crippen LogP contribution in [0, 0.1) is 6.92 Å². The fourth-order valence-corrected chi connectivity index (χ4v) is 1.68.